The SMILES string of the molecule is Cc1cc(F)ccc1NC(=O)C1CC(=O)N(c2ccc(Br)cc2)C1. The first-order chi connectivity index (χ1) is 11.4. The van der Waals surface area contributed by atoms with Crippen molar-refractivity contribution in [2.45, 2.75) is 13.3 Å². The van der Waals surface area contributed by atoms with Gasteiger partial charge in [-0.3, -0.25) is 9.59 Å². The Morgan fingerprint density at radius 1 is 1.25 bits per heavy atom. The van der Waals surface area contributed by atoms with E-state index >= 15 is 0 Å². The van der Waals surface area contributed by atoms with Crippen molar-refractivity contribution in [3.8, 4) is 0 Å². The smallest absolute Gasteiger partial charge is 0.229 e. The first-order valence-electron chi connectivity index (χ1n) is 7.57. The van der Waals surface area contributed by atoms with E-state index in [-0.39, 0.29) is 24.1 Å². The van der Waals surface area contributed by atoms with Crippen LogP contribution in [0.1, 0.15) is 12.0 Å². The minimum absolute atomic E-state index is 0.0756. The van der Waals surface area contributed by atoms with Gasteiger partial charge in [-0.1, -0.05) is 15.9 Å². The summed E-state index contributed by atoms with van der Waals surface area (Å²) in [5, 5.41) is 2.79. The van der Waals surface area contributed by atoms with Crippen LogP contribution in [0.3, 0.4) is 0 Å². The third-order valence-corrected chi connectivity index (χ3v) is 4.61. The summed E-state index contributed by atoms with van der Waals surface area (Å²) in [5.74, 6) is -1.07. The highest BCUT2D eigenvalue weighted by molar-refractivity contribution is 9.10. The maximum Gasteiger partial charge on any atom is 0.229 e. The minimum Gasteiger partial charge on any atom is -0.326 e. The van der Waals surface area contributed by atoms with Crippen LogP contribution in [-0.4, -0.2) is 18.4 Å². The maximum atomic E-state index is 13.1. The molecule has 1 saturated heterocycles. The predicted molar refractivity (Wildman–Crippen MR) is 94.4 cm³/mol. The molecule has 1 atom stereocenters. The van der Waals surface area contributed by atoms with Gasteiger partial charge in [0.25, 0.3) is 0 Å². The number of amides is 2. The van der Waals surface area contributed by atoms with Crippen molar-refractivity contribution >= 4 is 39.1 Å². The second-order valence-corrected chi connectivity index (χ2v) is 6.75. The van der Waals surface area contributed by atoms with Gasteiger partial charge < -0.3 is 10.2 Å². The van der Waals surface area contributed by atoms with Gasteiger partial charge in [-0.05, 0) is 55.0 Å². The summed E-state index contributed by atoms with van der Waals surface area (Å²) in [6, 6.07) is 11.6. The Kier molecular flexibility index (Phi) is 4.66. The quantitative estimate of drug-likeness (QED) is 0.863. The number of benzene rings is 2. The monoisotopic (exact) mass is 390 g/mol. The third-order valence-electron chi connectivity index (χ3n) is 4.08. The summed E-state index contributed by atoms with van der Waals surface area (Å²) in [6.07, 6.45) is 0.169. The number of aryl methyl sites for hydroxylation is 1. The molecule has 1 unspecified atom stereocenters. The van der Waals surface area contributed by atoms with Gasteiger partial charge in [0.2, 0.25) is 11.8 Å². The molecule has 0 bridgehead atoms. The molecule has 24 heavy (non-hydrogen) atoms. The van der Waals surface area contributed by atoms with Crippen LogP contribution in [0.5, 0.6) is 0 Å². The fraction of sp³-hybridized carbons (Fsp3) is 0.222. The van der Waals surface area contributed by atoms with E-state index in [4.69, 9.17) is 0 Å². The number of carbonyl (C=O) groups excluding carboxylic acids is 2. The van der Waals surface area contributed by atoms with E-state index in [0.717, 1.165) is 10.2 Å². The molecular weight excluding hydrogens is 375 g/mol. The normalized spacial score (nSPS) is 17.2. The Bertz CT molecular complexity index is 792. The van der Waals surface area contributed by atoms with E-state index in [2.05, 4.69) is 21.2 Å². The predicted octanol–water partition coefficient (Wildman–Crippen LogP) is 3.89. The first-order valence-corrected chi connectivity index (χ1v) is 8.36. The number of carbonyl (C=O) groups is 2. The zero-order valence-electron chi connectivity index (χ0n) is 13.1. The van der Waals surface area contributed by atoms with Gasteiger partial charge in [-0.2, -0.15) is 0 Å². The molecule has 0 radical (unpaired) electrons. The summed E-state index contributed by atoms with van der Waals surface area (Å²) < 4.78 is 14.1. The van der Waals surface area contributed by atoms with Crippen LogP contribution in [0, 0.1) is 18.7 Å². The summed E-state index contributed by atoms with van der Waals surface area (Å²) in [6.45, 7) is 2.07. The van der Waals surface area contributed by atoms with Gasteiger partial charge in [0.05, 0.1) is 5.92 Å². The Labute approximate surface area is 147 Å². The second-order valence-electron chi connectivity index (χ2n) is 5.83. The van der Waals surface area contributed by atoms with Crippen LogP contribution in [0.25, 0.3) is 0 Å². The van der Waals surface area contributed by atoms with Gasteiger partial charge in [0.1, 0.15) is 5.82 Å². The lowest BCUT2D eigenvalue weighted by atomic mass is 10.1. The van der Waals surface area contributed by atoms with Gasteiger partial charge in [-0.15, -0.1) is 0 Å². The highest BCUT2D eigenvalue weighted by atomic mass is 79.9. The number of anilines is 2. The van der Waals surface area contributed by atoms with Gasteiger partial charge in [-0.25, -0.2) is 4.39 Å². The molecule has 2 aromatic carbocycles. The first kappa shape index (κ1) is 16.6. The molecule has 2 amide bonds. The molecule has 1 fully saturated rings. The van der Waals surface area contributed by atoms with E-state index in [0.29, 0.717) is 17.8 Å². The van der Waals surface area contributed by atoms with Gasteiger partial charge >= 0.3 is 0 Å². The lowest BCUT2D eigenvalue weighted by Gasteiger charge is -2.17. The Balaban J connectivity index is 1.70. The summed E-state index contributed by atoms with van der Waals surface area (Å²) in [4.78, 5) is 26.3. The highest BCUT2D eigenvalue weighted by Gasteiger charge is 2.35. The van der Waals surface area contributed by atoms with E-state index < -0.39 is 5.92 Å². The fourth-order valence-corrected chi connectivity index (χ4v) is 3.02. The molecule has 1 heterocycles. The molecule has 1 aliphatic heterocycles. The molecule has 2 aromatic rings. The number of nitrogens with one attached hydrogen (secondary N) is 1. The minimum atomic E-state index is -0.425. The van der Waals surface area contributed by atoms with Crippen molar-refractivity contribution < 1.29 is 14.0 Å². The molecule has 1 N–H and O–H groups in total. The molecule has 124 valence electrons. The number of hydrogen-bond donors (Lipinski definition) is 1. The van der Waals surface area contributed by atoms with Crippen LogP contribution in [0.4, 0.5) is 15.8 Å². The number of nitrogens with zero attached hydrogens (tertiary/aromatic N) is 1. The zero-order valence-corrected chi connectivity index (χ0v) is 14.6. The largest absolute Gasteiger partial charge is 0.326 e. The van der Waals surface area contributed by atoms with Gasteiger partial charge in [0.15, 0.2) is 0 Å². The molecule has 1 aliphatic rings. The summed E-state index contributed by atoms with van der Waals surface area (Å²) in [7, 11) is 0. The van der Waals surface area contributed by atoms with E-state index in [1.165, 1.54) is 18.2 Å². The topological polar surface area (TPSA) is 49.4 Å². The average Bonchev–Trinajstić information content (AvgIpc) is 2.93. The fourth-order valence-electron chi connectivity index (χ4n) is 2.76. The molecular formula is C18H16BrFN2O2. The Morgan fingerprint density at radius 3 is 2.62 bits per heavy atom. The number of halogens is 2. The van der Waals surface area contributed by atoms with Crippen molar-refractivity contribution in [2.75, 3.05) is 16.8 Å². The van der Waals surface area contributed by atoms with Crippen LogP contribution in [0.2, 0.25) is 0 Å². The number of hydrogen-bond acceptors (Lipinski definition) is 2. The van der Waals surface area contributed by atoms with Crippen LogP contribution < -0.4 is 10.2 Å². The van der Waals surface area contributed by atoms with Crippen molar-refractivity contribution in [2.24, 2.45) is 5.92 Å². The van der Waals surface area contributed by atoms with E-state index in [1.54, 1.807) is 11.8 Å². The Hall–Kier alpha value is -2.21. The summed E-state index contributed by atoms with van der Waals surface area (Å²) in [5.41, 5.74) is 1.99. The second kappa shape index (κ2) is 6.73. The van der Waals surface area contributed by atoms with Gasteiger partial charge in [0, 0.05) is 28.8 Å². The van der Waals surface area contributed by atoms with Crippen molar-refractivity contribution in [1.29, 1.82) is 0 Å². The van der Waals surface area contributed by atoms with Crippen LogP contribution in [-0.2, 0) is 9.59 Å². The van der Waals surface area contributed by atoms with Crippen molar-refractivity contribution in [1.82, 2.24) is 0 Å². The van der Waals surface area contributed by atoms with Crippen molar-refractivity contribution in [3.05, 3.63) is 58.3 Å². The molecule has 0 aliphatic carbocycles. The van der Waals surface area contributed by atoms with Crippen LogP contribution >= 0.6 is 15.9 Å². The third kappa shape index (κ3) is 3.48. The average molecular weight is 391 g/mol. The molecule has 0 aromatic heterocycles. The molecule has 6 heteroatoms. The van der Waals surface area contributed by atoms with E-state index in [9.17, 15) is 14.0 Å². The Morgan fingerprint density at radius 2 is 1.96 bits per heavy atom. The number of rotatable bonds is 3. The molecule has 0 spiro atoms. The maximum absolute atomic E-state index is 13.1. The van der Waals surface area contributed by atoms with E-state index in [1.807, 2.05) is 24.3 Å². The van der Waals surface area contributed by atoms with Crippen LogP contribution in [0.15, 0.2) is 46.9 Å². The van der Waals surface area contributed by atoms with Crippen molar-refractivity contribution in [3.63, 3.8) is 0 Å². The summed E-state index contributed by atoms with van der Waals surface area (Å²) >= 11 is 3.36. The molecule has 0 saturated carbocycles. The highest BCUT2D eigenvalue weighted by Crippen LogP contribution is 2.27. The molecule has 4 nitrogen and oxygen atoms in total. The lowest BCUT2D eigenvalue weighted by molar-refractivity contribution is -0.122. The lowest BCUT2D eigenvalue weighted by Crippen LogP contribution is -2.28. The zero-order chi connectivity index (χ0) is 17.3. The standard InChI is InChI=1S/C18H16BrFN2O2/c1-11-8-14(20)4-7-16(11)21-18(24)12-9-17(23)22(10-12)15-5-2-13(19)3-6-15/h2-8,12H,9-10H2,1H3,(H,21,24). The molecule has 3 rings (SSSR count).